The topological polar surface area (TPSA) is 56.1 Å². The fourth-order valence-electron chi connectivity index (χ4n) is 3.58. The Hall–Kier alpha value is -1.38. The molecule has 0 radical (unpaired) electrons. The Morgan fingerprint density at radius 2 is 1.87 bits per heavy atom. The Morgan fingerprint density at radius 3 is 2.61 bits per heavy atom. The molecule has 1 aliphatic carbocycles. The molecule has 124 valence electrons. The van der Waals surface area contributed by atoms with Crippen molar-refractivity contribution >= 4 is 22.2 Å². The van der Waals surface area contributed by atoms with Crippen LogP contribution in [0.25, 0.3) is 0 Å². The summed E-state index contributed by atoms with van der Waals surface area (Å²) in [7, 11) is 0. The van der Waals surface area contributed by atoms with Crippen LogP contribution >= 0.6 is 11.3 Å². The number of thiophene rings is 1. The number of carbonyl (C=O) groups excluding carboxylic acids is 1. The first kappa shape index (κ1) is 16.5. The summed E-state index contributed by atoms with van der Waals surface area (Å²) in [6.45, 7) is 3.06. The predicted octanol–water partition coefficient (Wildman–Crippen LogP) is 3.70. The highest BCUT2D eigenvalue weighted by molar-refractivity contribution is 7.16. The van der Waals surface area contributed by atoms with Gasteiger partial charge in [0, 0.05) is 17.8 Å². The van der Waals surface area contributed by atoms with E-state index in [1.54, 1.807) is 11.3 Å². The van der Waals surface area contributed by atoms with Gasteiger partial charge in [0.25, 0.3) is 0 Å². The number of nitrogens with one attached hydrogen (secondary N) is 1. The second kappa shape index (κ2) is 7.94. The Bertz CT molecular complexity index is 594. The van der Waals surface area contributed by atoms with Crippen molar-refractivity contribution in [2.75, 3.05) is 25.0 Å². The van der Waals surface area contributed by atoms with Crippen molar-refractivity contribution in [1.29, 1.82) is 5.26 Å². The Kier molecular flexibility index (Phi) is 5.69. The van der Waals surface area contributed by atoms with Crippen molar-refractivity contribution in [2.24, 2.45) is 0 Å². The minimum atomic E-state index is 0.0457. The average molecular weight is 331 g/mol. The van der Waals surface area contributed by atoms with E-state index in [0.29, 0.717) is 12.0 Å². The van der Waals surface area contributed by atoms with E-state index >= 15 is 0 Å². The molecule has 1 saturated heterocycles. The van der Waals surface area contributed by atoms with E-state index in [1.807, 2.05) is 0 Å². The number of amides is 1. The predicted molar refractivity (Wildman–Crippen MR) is 93.8 cm³/mol. The maximum absolute atomic E-state index is 12.3. The maximum Gasteiger partial charge on any atom is 0.226 e. The van der Waals surface area contributed by atoms with Gasteiger partial charge in [0.05, 0.1) is 5.56 Å². The van der Waals surface area contributed by atoms with Gasteiger partial charge in [-0.3, -0.25) is 4.79 Å². The van der Waals surface area contributed by atoms with E-state index in [4.69, 9.17) is 0 Å². The maximum atomic E-state index is 12.3. The second-order valence-electron chi connectivity index (χ2n) is 6.58. The van der Waals surface area contributed by atoms with Crippen LogP contribution in [0.15, 0.2) is 0 Å². The summed E-state index contributed by atoms with van der Waals surface area (Å²) in [6.07, 6.45) is 10.0. The zero-order valence-electron chi connectivity index (χ0n) is 13.7. The van der Waals surface area contributed by atoms with Crippen LogP contribution < -0.4 is 5.32 Å². The molecule has 2 heterocycles. The van der Waals surface area contributed by atoms with Crippen LogP contribution in [0.3, 0.4) is 0 Å². The summed E-state index contributed by atoms with van der Waals surface area (Å²) in [4.78, 5) is 16.0. The minimum absolute atomic E-state index is 0.0457. The molecule has 4 nitrogen and oxygen atoms in total. The molecule has 1 N–H and O–H groups in total. The van der Waals surface area contributed by atoms with Crippen LogP contribution in [0.2, 0.25) is 0 Å². The van der Waals surface area contributed by atoms with Gasteiger partial charge in [0.1, 0.15) is 11.1 Å². The zero-order chi connectivity index (χ0) is 16.1. The SMILES string of the molecule is N#Cc1c(NC(=O)CCN2CCCCCC2)sc2c1CCCC2. The molecular weight excluding hydrogens is 306 g/mol. The Balaban J connectivity index is 1.57. The first-order valence-corrected chi connectivity index (χ1v) is 9.66. The summed E-state index contributed by atoms with van der Waals surface area (Å²) in [6, 6.07) is 2.31. The van der Waals surface area contributed by atoms with Gasteiger partial charge < -0.3 is 10.2 Å². The van der Waals surface area contributed by atoms with Gasteiger partial charge in [-0.1, -0.05) is 12.8 Å². The molecule has 1 aromatic rings. The van der Waals surface area contributed by atoms with Crippen molar-refractivity contribution in [3.05, 3.63) is 16.0 Å². The van der Waals surface area contributed by atoms with Crippen molar-refractivity contribution < 1.29 is 4.79 Å². The van der Waals surface area contributed by atoms with Gasteiger partial charge in [-0.25, -0.2) is 0 Å². The number of nitriles is 1. The molecule has 5 heteroatoms. The molecular formula is C18H25N3OS. The van der Waals surface area contributed by atoms with Crippen LogP contribution in [0.4, 0.5) is 5.00 Å². The van der Waals surface area contributed by atoms with Crippen LogP contribution in [-0.2, 0) is 17.6 Å². The lowest BCUT2D eigenvalue weighted by molar-refractivity contribution is -0.116. The first-order valence-electron chi connectivity index (χ1n) is 8.85. The lowest BCUT2D eigenvalue weighted by atomic mass is 9.96. The lowest BCUT2D eigenvalue weighted by Gasteiger charge is -2.19. The number of aryl methyl sites for hydroxylation is 1. The standard InChI is InChI=1S/C18H25N3OS/c19-13-15-14-7-3-4-8-16(14)23-18(15)20-17(22)9-12-21-10-5-1-2-6-11-21/h1-12H2,(H,20,22). The highest BCUT2D eigenvalue weighted by Crippen LogP contribution is 2.37. The molecule has 0 aromatic carbocycles. The van der Waals surface area contributed by atoms with Crippen LogP contribution in [0, 0.1) is 11.3 Å². The number of hydrogen-bond donors (Lipinski definition) is 1. The number of rotatable bonds is 4. The van der Waals surface area contributed by atoms with E-state index in [-0.39, 0.29) is 5.91 Å². The number of carbonyl (C=O) groups is 1. The number of nitrogens with zero attached hydrogens (tertiary/aromatic N) is 2. The van der Waals surface area contributed by atoms with Gasteiger partial charge in [-0.15, -0.1) is 11.3 Å². The molecule has 0 bridgehead atoms. The van der Waals surface area contributed by atoms with Gasteiger partial charge in [-0.2, -0.15) is 5.26 Å². The van der Waals surface area contributed by atoms with Gasteiger partial charge >= 0.3 is 0 Å². The van der Waals surface area contributed by atoms with E-state index in [1.165, 1.54) is 42.5 Å². The molecule has 0 unspecified atom stereocenters. The Labute approximate surface area is 142 Å². The van der Waals surface area contributed by atoms with Gasteiger partial charge in [0.15, 0.2) is 0 Å². The van der Waals surface area contributed by atoms with Gasteiger partial charge in [-0.05, 0) is 57.2 Å². The van der Waals surface area contributed by atoms with Crippen LogP contribution in [0.1, 0.15) is 60.9 Å². The summed E-state index contributed by atoms with van der Waals surface area (Å²) in [5, 5.41) is 13.2. The minimum Gasteiger partial charge on any atom is -0.317 e. The average Bonchev–Trinajstić information content (AvgIpc) is 2.72. The smallest absolute Gasteiger partial charge is 0.226 e. The van der Waals surface area contributed by atoms with E-state index in [2.05, 4.69) is 16.3 Å². The fourth-order valence-corrected chi connectivity index (χ4v) is 4.84. The first-order chi connectivity index (χ1) is 11.3. The molecule has 23 heavy (non-hydrogen) atoms. The second-order valence-corrected chi connectivity index (χ2v) is 7.69. The number of fused-ring (bicyclic) bond motifs is 1. The van der Waals surface area contributed by atoms with Gasteiger partial charge in [0.2, 0.25) is 5.91 Å². The quantitative estimate of drug-likeness (QED) is 0.915. The summed E-state index contributed by atoms with van der Waals surface area (Å²) < 4.78 is 0. The highest BCUT2D eigenvalue weighted by atomic mass is 32.1. The highest BCUT2D eigenvalue weighted by Gasteiger charge is 2.22. The molecule has 1 fully saturated rings. The molecule has 0 saturated carbocycles. The lowest BCUT2D eigenvalue weighted by Crippen LogP contribution is -2.28. The van der Waals surface area contributed by atoms with Crippen LogP contribution in [-0.4, -0.2) is 30.4 Å². The third-order valence-electron chi connectivity index (χ3n) is 4.89. The zero-order valence-corrected chi connectivity index (χ0v) is 14.5. The third-order valence-corrected chi connectivity index (χ3v) is 6.10. The molecule has 3 rings (SSSR count). The molecule has 1 amide bonds. The third kappa shape index (κ3) is 4.13. The number of anilines is 1. The number of hydrogen-bond acceptors (Lipinski definition) is 4. The van der Waals surface area contributed by atoms with E-state index in [0.717, 1.165) is 43.9 Å². The molecule has 0 spiro atoms. The summed E-state index contributed by atoms with van der Waals surface area (Å²) in [5.41, 5.74) is 1.90. The molecule has 2 aliphatic rings. The summed E-state index contributed by atoms with van der Waals surface area (Å²) >= 11 is 1.61. The Morgan fingerprint density at radius 1 is 1.13 bits per heavy atom. The summed E-state index contributed by atoms with van der Waals surface area (Å²) in [5.74, 6) is 0.0457. The van der Waals surface area contributed by atoms with Crippen molar-refractivity contribution in [2.45, 2.75) is 57.8 Å². The fraction of sp³-hybridized carbons (Fsp3) is 0.667. The van der Waals surface area contributed by atoms with Crippen molar-refractivity contribution in [1.82, 2.24) is 4.90 Å². The van der Waals surface area contributed by atoms with Crippen LogP contribution in [0.5, 0.6) is 0 Å². The van der Waals surface area contributed by atoms with E-state index < -0.39 is 0 Å². The van der Waals surface area contributed by atoms with Crippen molar-refractivity contribution in [3.8, 4) is 6.07 Å². The largest absolute Gasteiger partial charge is 0.317 e. The van der Waals surface area contributed by atoms with Crippen molar-refractivity contribution in [3.63, 3.8) is 0 Å². The monoisotopic (exact) mass is 331 g/mol. The molecule has 0 atom stereocenters. The molecule has 1 aliphatic heterocycles. The van der Waals surface area contributed by atoms with E-state index in [9.17, 15) is 10.1 Å². The molecule has 1 aromatic heterocycles. The normalized spacial score (nSPS) is 18.7. The number of likely N-dealkylation sites (tertiary alicyclic amines) is 1.